The number of carbonyl (C=O) groups excluding carboxylic acids is 2. The number of nitrogens with one attached hydrogen (secondary N) is 2. The molecule has 138 valence electrons. The van der Waals surface area contributed by atoms with Gasteiger partial charge in [0, 0.05) is 33.3 Å². The van der Waals surface area contributed by atoms with E-state index in [1.165, 1.54) is 23.5 Å². The van der Waals surface area contributed by atoms with Gasteiger partial charge >= 0.3 is 11.8 Å². The molecule has 1 fully saturated rings. The van der Waals surface area contributed by atoms with E-state index in [1.807, 2.05) is 0 Å². The zero-order valence-corrected chi connectivity index (χ0v) is 15.0. The molecule has 2 N–H and O–H groups in total. The lowest BCUT2D eigenvalue weighted by Gasteiger charge is -2.15. The van der Waals surface area contributed by atoms with Gasteiger partial charge in [0.2, 0.25) is 10.0 Å². The van der Waals surface area contributed by atoms with Crippen molar-refractivity contribution in [2.75, 3.05) is 33.4 Å². The fourth-order valence-corrected chi connectivity index (χ4v) is 3.98. The third-order valence-corrected chi connectivity index (χ3v) is 5.79. The minimum Gasteiger partial charge on any atom is -0.383 e. The van der Waals surface area contributed by atoms with Gasteiger partial charge in [-0.1, -0.05) is 12.1 Å². The van der Waals surface area contributed by atoms with Crippen LogP contribution >= 0.6 is 0 Å². The average Bonchev–Trinajstić information content (AvgIpc) is 3.15. The number of benzene rings is 1. The van der Waals surface area contributed by atoms with E-state index in [4.69, 9.17) is 4.74 Å². The van der Waals surface area contributed by atoms with Crippen molar-refractivity contribution < 1.29 is 22.7 Å². The lowest BCUT2D eigenvalue weighted by atomic mass is 10.2. The molecular weight excluding hydrogens is 346 g/mol. The van der Waals surface area contributed by atoms with Crippen molar-refractivity contribution >= 4 is 21.8 Å². The largest absolute Gasteiger partial charge is 0.383 e. The summed E-state index contributed by atoms with van der Waals surface area (Å²) in [6, 6.07) is 6.31. The average molecular weight is 369 g/mol. The highest BCUT2D eigenvalue weighted by molar-refractivity contribution is 7.89. The van der Waals surface area contributed by atoms with Gasteiger partial charge in [0.05, 0.1) is 11.5 Å². The second-order valence-corrected chi connectivity index (χ2v) is 7.62. The molecule has 0 aromatic heterocycles. The number of rotatable bonds is 7. The third kappa shape index (κ3) is 5.25. The number of nitrogens with zero attached hydrogens (tertiary/aromatic N) is 1. The summed E-state index contributed by atoms with van der Waals surface area (Å²) in [5.74, 6) is -1.48. The van der Waals surface area contributed by atoms with Crippen LogP contribution in [0.15, 0.2) is 29.2 Å². The van der Waals surface area contributed by atoms with Crippen molar-refractivity contribution in [2.24, 2.45) is 0 Å². The van der Waals surface area contributed by atoms with E-state index in [9.17, 15) is 18.0 Å². The molecule has 0 radical (unpaired) electrons. The van der Waals surface area contributed by atoms with Gasteiger partial charge in [-0.25, -0.2) is 8.42 Å². The van der Waals surface area contributed by atoms with E-state index in [0.717, 1.165) is 12.8 Å². The minimum absolute atomic E-state index is 0.139. The molecule has 0 bridgehead atoms. The Labute approximate surface area is 147 Å². The second-order valence-electron chi connectivity index (χ2n) is 5.69. The number of amides is 2. The van der Waals surface area contributed by atoms with Crippen LogP contribution in [-0.4, -0.2) is 57.9 Å². The van der Waals surface area contributed by atoms with Crippen molar-refractivity contribution in [3.8, 4) is 0 Å². The molecule has 1 saturated heterocycles. The van der Waals surface area contributed by atoms with Gasteiger partial charge in [0.1, 0.15) is 0 Å². The first-order valence-corrected chi connectivity index (χ1v) is 9.53. The molecule has 0 atom stereocenters. The monoisotopic (exact) mass is 369 g/mol. The Morgan fingerprint density at radius 1 is 1.08 bits per heavy atom. The zero-order valence-electron chi connectivity index (χ0n) is 14.2. The van der Waals surface area contributed by atoms with Crippen molar-refractivity contribution in [3.05, 3.63) is 29.8 Å². The number of carbonyl (C=O) groups is 2. The zero-order chi connectivity index (χ0) is 18.3. The van der Waals surface area contributed by atoms with E-state index in [1.54, 1.807) is 12.1 Å². The van der Waals surface area contributed by atoms with Crippen molar-refractivity contribution in [3.63, 3.8) is 0 Å². The third-order valence-electron chi connectivity index (χ3n) is 3.88. The van der Waals surface area contributed by atoms with Crippen molar-refractivity contribution in [2.45, 2.75) is 24.3 Å². The highest BCUT2D eigenvalue weighted by Crippen LogP contribution is 2.20. The molecule has 25 heavy (non-hydrogen) atoms. The lowest BCUT2D eigenvalue weighted by Crippen LogP contribution is -2.40. The smallest absolute Gasteiger partial charge is 0.309 e. The maximum absolute atomic E-state index is 12.4. The van der Waals surface area contributed by atoms with E-state index in [2.05, 4.69) is 10.6 Å². The molecule has 8 nitrogen and oxygen atoms in total. The molecule has 1 heterocycles. The van der Waals surface area contributed by atoms with Crippen LogP contribution in [0.5, 0.6) is 0 Å². The summed E-state index contributed by atoms with van der Waals surface area (Å²) in [5.41, 5.74) is 0.707. The van der Waals surface area contributed by atoms with E-state index >= 15 is 0 Å². The summed E-state index contributed by atoms with van der Waals surface area (Å²) in [6.07, 6.45) is 1.77. The van der Waals surface area contributed by atoms with Crippen molar-refractivity contribution in [1.82, 2.24) is 14.9 Å². The van der Waals surface area contributed by atoms with E-state index < -0.39 is 21.8 Å². The number of hydrogen-bond donors (Lipinski definition) is 2. The molecule has 0 saturated carbocycles. The number of ether oxygens (including phenoxy) is 1. The highest BCUT2D eigenvalue weighted by Gasteiger charge is 2.26. The quantitative estimate of drug-likeness (QED) is 0.514. The first kappa shape index (κ1) is 19.4. The fourth-order valence-electron chi connectivity index (χ4n) is 2.47. The summed E-state index contributed by atoms with van der Waals surface area (Å²) < 4.78 is 31.1. The molecule has 1 aromatic carbocycles. The Morgan fingerprint density at radius 2 is 1.68 bits per heavy atom. The second kappa shape index (κ2) is 8.93. The molecule has 2 amide bonds. The lowest BCUT2D eigenvalue weighted by molar-refractivity contribution is -0.139. The Balaban J connectivity index is 1.88. The van der Waals surface area contributed by atoms with Crippen molar-refractivity contribution in [1.29, 1.82) is 0 Å². The summed E-state index contributed by atoms with van der Waals surface area (Å²) in [7, 11) is -1.94. The van der Waals surface area contributed by atoms with E-state index in [-0.39, 0.29) is 18.0 Å². The minimum atomic E-state index is -3.44. The first-order valence-electron chi connectivity index (χ1n) is 8.09. The van der Waals surface area contributed by atoms with Gasteiger partial charge in [0.15, 0.2) is 0 Å². The molecule has 2 rings (SSSR count). The number of methoxy groups -OCH3 is 1. The Hall–Kier alpha value is -1.97. The van der Waals surface area contributed by atoms with Gasteiger partial charge < -0.3 is 15.4 Å². The maximum atomic E-state index is 12.4. The van der Waals surface area contributed by atoms with Gasteiger partial charge in [-0.3, -0.25) is 9.59 Å². The topological polar surface area (TPSA) is 105 Å². The van der Waals surface area contributed by atoms with Crippen LogP contribution < -0.4 is 10.6 Å². The first-order chi connectivity index (χ1) is 11.9. The predicted octanol–water partition coefficient (Wildman–Crippen LogP) is -0.150. The predicted molar refractivity (Wildman–Crippen MR) is 91.2 cm³/mol. The Morgan fingerprint density at radius 3 is 2.28 bits per heavy atom. The maximum Gasteiger partial charge on any atom is 0.309 e. The van der Waals surface area contributed by atoms with Crippen LogP contribution in [0.4, 0.5) is 0 Å². The molecule has 1 aromatic rings. The summed E-state index contributed by atoms with van der Waals surface area (Å²) in [5, 5.41) is 4.91. The highest BCUT2D eigenvalue weighted by atomic mass is 32.2. The van der Waals surface area contributed by atoms with Crippen LogP contribution in [0.1, 0.15) is 18.4 Å². The molecule has 0 aliphatic carbocycles. The van der Waals surface area contributed by atoms with Gasteiger partial charge in [0.25, 0.3) is 0 Å². The molecule has 1 aliphatic rings. The number of sulfonamides is 1. The van der Waals surface area contributed by atoms with Crippen LogP contribution in [0, 0.1) is 0 Å². The summed E-state index contributed by atoms with van der Waals surface area (Å²) in [4.78, 5) is 23.4. The summed E-state index contributed by atoms with van der Waals surface area (Å²) in [6.45, 7) is 1.83. The van der Waals surface area contributed by atoms with E-state index in [0.29, 0.717) is 25.3 Å². The van der Waals surface area contributed by atoms with Gasteiger partial charge in [-0.15, -0.1) is 0 Å². The Bertz CT molecular complexity index is 697. The SMILES string of the molecule is COCCNC(=O)C(=O)NCc1ccc(S(=O)(=O)N2CCCC2)cc1. The van der Waals surface area contributed by atoms with Crippen LogP contribution in [0.3, 0.4) is 0 Å². The van der Waals surface area contributed by atoms with Gasteiger partial charge in [-0.05, 0) is 30.5 Å². The summed E-state index contributed by atoms with van der Waals surface area (Å²) >= 11 is 0. The van der Waals surface area contributed by atoms with Crippen LogP contribution in [-0.2, 0) is 30.9 Å². The molecule has 0 unspecified atom stereocenters. The number of hydrogen-bond acceptors (Lipinski definition) is 5. The molecule has 0 spiro atoms. The van der Waals surface area contributed by atoms with Gasteiger partial charge in [-0.2, -0.15) is 4.31 Å². The molecule has 9 heteroatoms. The molecular formula is C16H23N3O5S. The Kier molecular flexibility index (Phi) is 6.91. The van der Waals surface area contributed by atoms with Crippen LogP contribution in [0.25, 0.3) is 0 Å². The standard InChI is InChI=1S/C16H23N3O5S/c1-24-11-8-17-15(20)16(21)18-12-13-4-6-14(7-5-13)25(22,23)19-9-2-3-10-19/h4-7H,2-3,8-12H2,1H3,(H,17,20)(H,18,21). The van der Waals surface area contributed by atoms with Crippen LogP contribution in [0.2, 0.25) is 0 Å². The molecule has 1 aliphatic heterocycles. The fraction of sp³-hybridized carbons (Fsp3) is 0.500. The normalized spacial score (nSPS) is 15.1.